The van der Waals surface area contributed by atoms with Gasteiger partial charge in [-0.05, 0) is 27.7 Å². The van der Waals surface area contributed by atoms with Crippen LogP contribution in [-0.4, -0.2) is 9.55 Å². The minimum atomic E-state index is 0.126. The van der Waals surface area contributed by atoms with E-state index < -0.39 is 0 Å². The van der Waals surface area contributed by atoms with Crippen LogP contribution in [0.5, 0.6) is 0 Å². The van der Waals surface area contributed by atoms with Gasteiger partial charge in [-0.15, -0.1) is 0 Å². The molecule has 0 radical (unpaired) electrons. The molecule has 0 unspecified atom stereocenters. The smallest absolute Gasteiger partial charge is 0.0956 e. The Balaban J connectivity index is 3.23. The Kier molecular flexibility index (Phi) is 2.51. The molecule has 2 nitrogen and oxygen atoms in total. The van der Waals surface area contributed by atoms with Crippen molar-refractivity contribution in [1.29, 1.82) is 0 Å². The highest BCUT2D eigenvalue weighted by Gasteiger charge is 2.24. The predicted octanol–water partition coefficient (Wildman–Crippen LogP) is 3.24. The molecule has 0 fully saturated rings. The third-order valence-electron chi connectivity index (χ3n) is 2.44. The van der Waals surface area contributed by atoms with Gasteiger partial charge in [-0.25, -0.2) is 4.98 Å². The van der Waals surface area contributed by atoms with E-state index in [0.29, 0.717) is 0 Å². The molecule has 0 aliphatic carbocycles. The fraction of sp³-hybridized carbons (Fsp3) is 0.750. The fourth-order valence-electron chi connectivity index (χ4n) is 1.82. The lowest BCUT2D eigenvalue weighted by Crippen LogP contribution is -2.23. The Bertz CT molecular complexity index is 290. The van der Waals surface area contributed by atoms with E-state index >= 15 is 0 Å². The fourth-order valence-corrected chi connectivity index (χ4v) is 1.82. The Morgan fingerprint density at radius 3 is 1.79 bits per heavy atom. The Hall–Kier alpha value is -0.790. The average molecular weight is 194 g/mol. The lowest BCUT2D eigenvalue weighted by atomic mass is 9.91. The second-order valence-corrected chi connectivity index (χ2v) is 5.97. The molecule has 2 heteroatoms. The van der Waals surface area contributed by atoms with Crippen molar-refractivity contribution in [2.45, 2.75) is 59.4 Å². The van der Waals surface area contributed by atoms with E-state index in [1.165, 1.54) is 11.4 Å². The van der Waals surface area contributed by atoms with Gasteiger partial charge in [0.25, 0.3) is 0 Å². The van der Waals surface area contributed by atoms with Crippen LogP contribution in [0.4, 0.5) is 0 Å². The maximum atomic E-state index is 4.52. The normalized spacial score (nSPS) is 13.4. The van der Waals surface area contributed by atoms with Crippen molar-refractivity contribution < 1.29 is 0 Å². The molecular formula is C12H22N2. The van der Waals surface area contributed by atoms with Crippen LogP contribution in [0.2, 0.25) is 0 Å². The first-order chi connectivity index (χ1) is 6.14. The summed E-state index contributed by atoms with van der Waals surface area (Å²) in [5, 5.41) is 0. The summed E-state index contributed by atoms with van der Waals surface area (Å²) < 4.78 is 2.24. The zero-order valence-corrected chi connectivity index (χ0v) is 10.5. The van der Waals surface area contributed by atoms with Crippen molar-refractivity contribution in [3.8, 4) is 0 Å². The maximum absolute atomic E-state index is 4.52. The molecule has 14 heavy (non-hydrogen) atoms. The molecule has 0 saturated heterocycles. The minimum absolute atomic E-state index is 0.126. The van der Waals surface area contributed by atoms with Gasteiger partial charge < -0.3 is 4.57 Å². The highest BCUT2D eigenvalue weighted by molar-refractivity contribution is 5.20. The summed E-state index contributed by atoms with van der Waals surface area (Å²) in [6, 6.07) is 0. The van der Waals surface area contributed by atoms with Gasteiger partial charge in [0, 0.05) is 16.6 Å². The number of imidazole rings is 1. The van der Waals surface area contributed by atoms with E-state index in [4.69, 9.17) is 0 Å². The van der Waals surface area contributed by atoms with Gasteiger partial charge in [0.1, 0.15) is 0 Å². The largest absolute Gasteiger partial charge is 0.329 e. The topological polar surface area (TPSA) is 17.8 Å². The van der Waals surface area contributed by atoms with Crippen LogP contribution >= 0.6 is 0 Å². The van der Waals surface area contributed by atoms with E-state index in [1.807, 2.05) is 6.33 Å². The highest BCUT2D eigenvalue weighted by Crippen LogP contribution is 2.27. The summed E-state index contributed by atoms with van der Waals surface area (Å²) in [7, 11) is 0. The molecule has 1 rings (SSSR count). The summed E-state index contributed by atoms with van der Waals surface area (Å²) in [6.07, 6.45) is 1.95. The van der Waals surface area contributed by atoms with Gasteiger partial charge in [0.2, 0.25) is 0 Å². The number of rotatable bonds is 0. The molecule has 1 aromatic rings. The molecule has 0 aliphatic rings. The maximum Gasteiger partial charge on any atom is 0.0956 e. The summed E-state index contributed by atoms with van der Waals surface area (Å²) in [4.78, 5) is 4.52. The Labute approximate surface area is 87.4 Å². The lowest BCUT2D eigenvalue weighted by molar-refractivity contribution is 0.387. The quantitative estimate of drug-likeness (QED) is 0.620. The molecule has 0 spiro atoms. The molecule has 0 N–H and O–H groups in total. The van der Waals surface area contributed by atoms with Crippen molar-refractivity contribution in [2.24, 2.45) is 0 Å². The van der Waals surface area contributed by atoms with Crippen LogP contribution in [0.1, 0.15) is 52.9 Å². The number of hydrogen-bond donors (Lipinski definition) is 0. The molecule has 0 saturated carbocycles. The molecular weight excluding hydrogens is 172 g/mol. The van der Waals surface area contributed by atoms with E-state index in [0.717, 1.165) is 0 Å². The number of nitrogens with zero attached hydrogens (tertiary/aromatic N) is 2. The lowest BCUT2D eigenvalue weighted by Gasteiger charge is -2.24. The Morgan fingerprint density at radius 1 is 1.07 bits per heavy atom. The van der Waals surface area contributed by atoms with E-state index in [9.17, 15) is 0 Å². The van der Waals surface area contributed by atoms with Crippen LogP contribution in [0.15, 0.2) is 6.33 Å². The molecule has 80 valence electrons. The second-order valence-electron chi connectivity index (χ2n) is 5.97. The van der Waals surface area contributed by atoms with E-state index in [1.54, 1.807) is 0 Å². The molecule has 0 atom stereocenters. The van der Waals surface area contributed by atoms with Crippen LogP contribution in [0, 0.1) is 6.92 Å². The zero-order chi connectivity index (χ0) is 11.1. The monoisotopic (exact) mass is 194 g/mol. The molecule has 0 aliphatic heterocycles. The third kappa shape index (κ3) is 1.99. The summed E-state index contributed by atoms with van der Waals surface area (Å²) in [5.41, 5.74) is 2.75. The average Bonchev–Trinajstić information content (AvgIpc) is 2.26. The van der Waals surface area contributed by atoms with Crippen LogP contribution in [0.3, 0.4) is 0 Å². The SMILES string of the molecule is Cc1c(C(C)(C)C)ncn1C(C)(C)C. The van der Waals surface area contributed by atoms with E-state index in [-0.39, 0.29) is 11.0 Å². The van der Waals surface area contributed by atoms with Crippen LogP contribution in [0.25, 0.3) is 0 Å². The standard InChI is InChI=1S/C12H22N2/c1-9-10(11(2,3)4)13-8-14(9)12(5,6)7/h8H,1-7H3. The first kappa shape index (κ1) is 11.3. The molecule has 0 bridgehead atoms. The summed E-state index contributed by atoms with van der Waals surface area (Å²) in [5.74, 6) is 0. The van der Waals surface area contributed by atoms with E-state index in [2.05, 4.69) is 58.0 Å². The second kappa shape index (κ2) is 3.11. The number of hydrogen-bond acceptors (Lipinski definition) is 1. The summed E-state index contributed by atoms with van der Waals surface area (Å²) in [6.45, 7) is 15.4. The van der Waals surface area contributed by atoms with Crippen molar-refractivity contribution in [1.82, 2.24) is 9.55 Å². The van der Waals surface area contributed by atoms with Crippen molar-refractivity contribution in [3.63, 3.8) is 0 Å². The van der Waals surface area contributed by atoms with Crippen molar-refractivity contribution in [3.05, 3.63) is 17.7 Å². The van der Waals surface area contributed by atoms with Gasteiger partial charge in [-0.1, -0.05) is 20.8 Å². The predicted molar refractivity (Wildman–Crippen MR) is 60.7 cm³/mol. The Morgan fingerprint density at radius 2 is 1.57 bits per heavy atom. The zero-order valence-electron chi connectivity index (χ0n) is 10.5. The van der Waals surface area contributed by atoms with Gasteiger partial charge in [0.15, 0.2) is 0 Å². The van der Waals surface area contributed by atoms with Gasteiger partial charge >= 0.3 is 0 Å². The first-order valence-electron chi connectivity index (χ1n) is 5.19. The third-order valence-corrected chi connectivity index (χ3v) is 2.44. The minimum Gasteiger partial charge on any atom is -0.329 e. The number of aromatic nitrogens is 2. The highest BCUT2D eigenvalue weighted by atomic mass is 15.1. The van der Waals surface area contributed by atoms with Crippen molar-refractivity contribution in [2.75, 3.05) is 0 Å². The van der Waals surface area contributed by atoms with Crippen molar-refractivity contribution >= 4 is 0 Å². The van der Waals surface area contributed by atoms with Crippen LogP contribution < -0.4 is 0 Å². The summed E-state index contributed by atoms with van der Waals surface area (Å²) >= 11 is 0. The molecule has 1 heterocycles. The molecule has 0 aromatic carbocycles. The molecule has 0 amide bonds. The van der Waals surface area contributed by atoms with Gasteiger partial charge in [-0.2, -0.15) is 0 Å². The first-order valence-corrected chi connectivity index (χ1v) is 5.19. The molecule has 1 aromatic heterocycles. The van der Waals surface area contributed by atoms with Crippen LogP contribution in [-0.2, 0) is 11.0 Å². The van der Waals surface area contributed by atoms with Gasteiger partial charge in [-0.3, -0.25) is 0 Å². The van der Waals surface area contributed by atoms with Gasteiger partial charge in [0.05, 0.1) is 12.0 Å².